The van der Waals surface area contributed by atoms with E-state index in [2.05, 4.69) is 13.8 Å². The van der Waals surface area contributed by atoms with Crippen LogP contribution in [0.3, 0.4) is 0 Å². The van der Waals surface area contributed by atoms with E-state index >= 15 is 0 Å². The Morgan fingerprint density at radius 2 is 1.67 bits per heavy atom. The van der Waals surface area contributed by atoms with Gasteiger partial charge in [0, 0.05) is 23.4 Å². The highest BCUT2D eigenvalue weighted by atomic mass is 32.2. The maximum absolute atomic E-state index is 11.4. The summed E-state index contributed by atoms with van der Waals surface area (Å²) in [7, 11) is 0. The second kappa shape index (κ2) is 4.84. The average Bonchev–Trinajstić information content (AvgIpc) is 2.57. The number of rotatable bonds is 5. The first kappa shape index (κ1) is 12.3. The Bertz CT molecular complexity index is 269. The predicted octanol–water partition coefficient (Wildman–Crippen LogP) is 1.83. The molecule has 1 rings (SSSR count). The second-order valence-corrected chi connectivity index (χ2v) is 4.96. The van der Waals surface area contributed by atoms with Crippen molar-refractivity contribution >= 4 is 23.6 Å². The molecule has 0 bridgehead atoms. The number of carbonyl (C=O) groups excluding carboxylic acids is 2. The molecule has 2 amide bonds. The number of hydrogen-bond acceptors (Lipinski definition) is 3. The molecule has 15 heavy (non-hydrogen) atoms. The van der Waals surface area contributed by atoms with E-state index in [1.165, 1.54) is 17.1 Å². The number of hydrogen-bond donors (Lipinski definition) is 0. The van der Waals surface area contributed by atoms with Crippen molar-refractivity contribution in [2.45, 2.75) is 31.4 Å². The maximum Gasteiger partial charge on any atom is 0.253 e. The fourth-order valence-electron chi connectivity index (χ4n) is 1.70. The second-order valence-electron chi connectivity index (χ2n) is 3.69. The Labute approximate surface area is 94.9 Å². The first-order chi connectivity index (χ1) is 7.08. The Balaban J connectivity index is 2.75. The van der Waals surface area contributed by atoms with Crippen molar-refractivity contribution in [2.75, 3.05) is 12.8 Å². The Morgan fingerprint density at radius 3 is 2.00 bits per heavy atom. The van der Waals surface area contributed by atoms with Crippen molar-refractivity contribution in [2.24, 2.45) is 0 Å². The molecule has 0 aromatic rings. The molecule has 1 heterocycles. The van der Waals surface area contributed by atoms with Crippen LogP contribution in [0.2, 0.25) is 0 Å². The third-order valence-electron chi connectivity index (χ3n) is 3.07. The lowest BCUT2D eigenvalue weighted by molar-refractivity contribution is -0.137. The first-order valence-electron chi connectivity index (χ1n) is 5.17. The van der Waals surface area contributed by atoms with Crippen LogP contribution >= 0.6 is 11.8 Å². The quantitative estimate of drug-likeness (QED) is 0.672. The summed E-state index contributed by atoms with van der Waals surface area (Å²) in [4.78, 5) is 24.2. The van der Waals surface area contributed by atoms with Crippen LogP contribution in [0.4, 0.5) is 0 Å². The minimum Gasteiger partial charge on any atom is -0.274 e. The molecule has 0 atom stereocenters. The first-order valence-corrected chi connectivity index (χ1v) is 6.39. The molecular weight excluding hydrogens is 210 g/mol. The average molecular weight is 227 g/mol. The summed E-state index contributed by atoms with van der Waals surface area (Å²) >= 11 is 1.73. The highest BCUT2D eigenvalue weighted by molar-refractivity contribution is 8.00. The van der Waals surface area contributed by atoms with Gasteiger partial charge in [0.15, 0.2) is 0 Å². The highest BCUT2D eigenvalue weighted by Gasteiger charge is 2.33. The van der Waals surface area contributed by atoms with E-state index in [4.69, 9.17) is 0 Å². The lowest BCUT2D eigenvalue weighted by atomic mass is 10.0. The zero-order valence-electron chi connectivity index (χ0n) is 9.45. The van der Waals surface area contributed by atoms with Crippen molar-refractivity contribution in [1.29, 1.82) is 0 Å². The summed E-state index contributed by atoms with van der Waals surface area (Å²) in [5.41, 5.74) is 0. The summed E-state index contributed by atoms with van der Waals surface area (Å²) in [5, 5.41) is 0. The summed E-state index contributed by atoms with van der Waals surface area (Å²) in [6, 6.07) is 0. The lowest BCUT2D eigenvalue weighted by Crippen LogP contribution is -2.43. The summed E-state index contributed by atoms with van der Waals surface area (Å²) < 4.78 is 0.0113. The summed E-state index contributed by atoms with van der Waals surface area (Å²) in [5.74, 6) is -0.361. The molecule has 0 N–H and O–H groups in total. The Hall–Kier alpha value is -0.770. The van der Waals surface area contributed by atoms with Crippen molar-refractivity contribution in [1.82, 2.24) is 4.90 Å². The topological polar surface area (TPSA) is 37.4 Å². The number of thioether (sulfide) groups is 1. The molecule has 1 aliphatic heterocycles. The van der Waals surface area contributed by atoms with Gasteiger partial charge in [0.2, 0.25) is 0 Å². The predicted molar refractivity (Wildman–Crippen MR) is 62.7 cm³/mol. The SMILES string of the molecule is CCC(CC)(CN1C(=O)C=CC1=O)SC. The zero-order valence-corrected chi connectivity index (χ0v) is 10.3. The standard InChI is InChI=1S/C11H17NO2S/c1-4-11(5-2,15-3)8-12-9(13)6-7-10(12)14/h6-7H,4-5,8H2,1-3H3. The number of carbonyl (C=O) groups is 2. The Kier molecular flexibility index (Phi) is 3.97. The van der Waals surface area contributed by atoms with Crippen LogP contribution in [0.1, 0.15) is 26.7 Å². The van der Waals surface area contributed by atoms with Gasteiger partial charge in [0.05, 0.1) is 0 Å². The molecule has 0 unspecified atom stereocenters. The van der Waals surface area contributed by atoms with Crippen LogP contribution in [-0.2, 0) is 9.59 Å². The van der Waals surface area contributed by atoms with Crippen molar-refractivity contribution in [3.63, 3.8) is 0 Å². The van der Waals surface area contributed by atoms with E-state index in [9.17, 15) is 9.59 Å². The zero-order chi connectivity index (χ0) is 11.5. The summed E-state index contributed by atoms with van der Waals surface area (Å²) in [6.45, 7) is 4.71. The van der Waals surface area contributed by atoms with Crippen LogP contribution in [0.15, 0.2) is 12.2 Å². The van der Waals surface area contributed by atoms with Gasteiger partial charge in [-0.3, -0.25) is 14.5 Å². The van der Waals surface area contributed by atoms with Crippen LogP contribution < -0.4 is 0 Å². The van der Waals surface area contributed by atoms with E-state index in [1.807, 2.05) is 6.26 Å². The molecule has 0 saturated heterocycles. The molecule has 0 radical (unpaired) electrons. The molecule has 1 aliphatic rings. The van der Waals surface area contributed by atoms with E-state index in [-0.39, 0.29) is 16.6 Å². The molecule has 0 aromatic heterocycles. The van der Waals surface area contributed by atoms with Gasteiger partial charge in [-0.25, -0.2) is 0 Å². The van der Waals surface area contributed by atoms with Gasteiger partial charge in [0.1, 0.15) is 0 Å². The molecular formula is C11H17NO2S. The molecule has 0 spiro atoms. The normalized spacial score (nSPS) is 16.6. The van der Waals surface area contributed by atoms with Gasteiger partial charge in [-0.05, 0) is 19.1 Å². The highest BCUT2D eigenvalue weighted by Crippen LogP contribution is 2.32. The third kappa shape index (κ3) is 2.43. The fourth-order valence-corrected chi connectivity index (χ4v) is 2.54. The molecule has 84 valence electrons. The van der Waals surface area contributed by atoms with Gasteiger partial charge < -0.3 is 0 Å². The van der Waals surface area contributed by atoms with Crippen molar-refractivity contribution in [3.8, 4) is 0 Å². The number of amides is 2. The van der Waals surface area contributed by atoms with Crippen molar-refractivity contribution in [3.05, 3.63) is 12.2 Å². The van der Waals surface area contributed by atoms with Crippen LogP contribution in [0, 0.1) is 0 Å². The fraction of sp³-hybridized carbons (Fsp3) is 0.636. The molecule has 0 aromatic carbocycles. The van der Waals surface area contributed by atoms with Gasteiger partial charge in [-0.2, -0.15) is 11.8 Å². The van der Waals surface area contributed by atoms with Gasteiger partial charge in [-0.1, -0.05) is 13.8 Å². The molecule has 3 nitrogen and oxygen atoms in total. The monoisotopic (exact) mass is 227 g/mol. The van der Waals surface area contributed by atoms with E-state index in [1.54, 1.807) is 11.8 Å². The lowest BCUT2D eigenvalue weighted by Gasteiger charge is -2.33. The molecule has 0 aliphatic carbocycles. The number of nitrogens with zero attached hydrogens (tertiary/aromatic N) is 1. The Morgan fingerprint density at radius 1 is 1.20 bits per heavy atom. The molecule has 0 saturated carbocycles. The van der Waals surface area contributed by atoms with Crippen LogP contribution in [0.5, 0.6) is 0 Å². The maximum atomic E-state index is 11.4. The minimum absolute atomic E-state index is 0.0113. The van der Waals surface area contributed by atoms with Crippen LogP contribution in [0.25, 0.3) is 0 Å². The van der Waals surface area contributed by atoms with Gasteiger partial charge >= 0.3 is 0 Å². The third-order valence-corrected chi connectivity index (χ3v) is 4.64. The molecule has 0 fully saturated rings. The van der Waals surface area contributed by atoms with E-state index in [0.29, 0.717) is 6.54 Å². The van der Waals surface area contributed by atoms with E-state index < -0.39 is 0 Å². The summed E-state index contributed by atoms with van der Waals surface area (Å²) in [6.07, 6.45) is 6.65. The smallest absolute Gasteiger partial charge is 0.253 e. The number of imide groups is 1. The van der Waals surface area contributed by atoms with Crippen molar-refractivity contribution < 1.29 is 9.59 Å². The van der Waals surface area contributed by atoms with Crippen LogP contribution in [-0.4, -0.2) is 34.3 Å². The molecule has 4 heteroatoms. The largest absolute Gasteiger partial charge is 0.274 e. The van der Waals surface area contributed by atoms with E-state index in [0.717, 1.165) is 12.8 Å². The minimum atomic E-state index is -0.180. The van der Waals surface area contributed by atoms with Gasteiger partial charge in [-0.15, -0.1) is 0 Å². The van der Waals surface area contributed by atoms with Gasteiger partial charge in [0.25, 0.3) is 11.8 Å².